The molecule has 1 aromatic heterocycles. The van der Waals surface area contributed by atoms with Gasteiger partial charge in [0.15, 0.2) is 5.82 Å². The molecular formula is C17H16FN3O3S. The smallest absolute Gasteiger partial charge is 0.257 e. The van der Waals surface area contributed by atoms with E-state index >= 15 is 0 Å². The molecular weight excluding hydrogens is 345 g/mol. The van der Waals surface area contributed by atoms with Gasteiger partial charge >= 0.3 is 0 Å². The lowest BCUT2D eigenvalue weighted by Crippen LogP contribution is -2.27. The number of rotatable bonds is 5. The van der Waals surface area contributed by atoms with Crippen LogP contribution in [0, 0.1) is 12.7 Å². The Labute approximate surface area is 145 Å². The maximum atomic E-state index is 13.0. The van der Waals surface area contributed by atoms with Gasteiger partial charge in [-0.3, -0.25) is 0 Å². The summed E-state index contributed by atoms with van der Waals surface area (Å²) in [5, 5.41) is 3.79. The summed E-state index contributed by atoms with van der Waals surface area (Å²) in [6, 6.07) is 12.2. The van der Waals surface area contributed by atoms with Crippen molar-refractivity contribution in [1.29, 1.82) is 0 Å². The molecule has 0 N–H and O–H groups in total. The Kier molecular flexibility index (Phi) is 4.65. The molecule has 0 unspecified atom stereocenters. The summed E-state index contributed by atoms with van der Waals surface area (Å²) in [4.78, 5) is 4.36. The zero-order valence-corrected chi connectivity index (χ0v) is 14.5. The van der Waals surface area contributed by atoms with Crippen LogP contribution < -0.4 is 0 Å². The Bertz CT molecular complexity index is 967. The van der Waals surface area contributed by atoms with Gasteiger partial charge in [0, 0.05) is 12.6 Å². The van der Waals surface area contributed by atoms with E-state index in [0.717, 1.165) is 9.87 Å². The molecule has 1 heterocycles. The molecule has 25 heavy (non-hydrogen) atoms. The third kappa shape index (κ3) is 3.75. The van der Waals surface area contributed by atoms with Gasteiger partial charge in [-0.1, -0.05) is 22.9 Å². The second kappa shape index (κ2) is 6.73. The second-order valence-corrected chi connectivity index (χ2v) is 7.64. The number of hydrogen-bond acceptors (Lipinski definition) is 5. The SMILES string of the molecule is Cc1ccc(S(=O)(=O)N(C)Cc2noc(-c3ccc(F)cc3)n2)cc1. The molecule has 0 atom stereocenters. The van der Waals surface area contributed by atoms with Gasteiger partial charge in [0.05, 0.1) is 11.4 Å². The normalized spacial score (nSPS) is 11.8. The van der Waals surface area contributed by atoms with Crippen molar-refractivity contribution in [2.45, 2.75) is 18.4 Å². The van der Waals surface area contributed by atoms with Crippen LogP contribution in [0.2, 0.25) is 0 Å². The van der Waals surface area contributed by atoms with Gasteiger partial charge in [-0.15, -0.1) is 0 Å². The summed E-state index contributed by atoms with van der Waals surface area (Å²) in [6.07, 6.45) is 0. The van der Waals surface area contributed by atoms with Crippen LogP contribution in [0.3, 0.4) is 0 Å². The van der Waals surface area contributed by atoms with E-state index in [2.05, 4.69) is 10.1 Å². The van der Waals surface area contributed by atoms with Crippen molar-refractivity contribution >= 4 is 10.0 Å². The van der Waals surface area contributed by atoms with Crippen LogP contribution in [0.4, 0.5) is 4.39 Å². The molecule has 3 rings (SSSR count). The Morgan fingerprint density at radius 3 is 2.36 bits per heavy atom. The molecule has 0 aliphatic carbocycles. The molecule has 0 fully saturated rings. The van der Waals surface area contributed by atoms with Crippen molar-refractivity contribution in [2.24, 2.45) is 0 Å². The predicted molar refractivity (Wildman–Crippen MR) is 89.5 cm³/mol. The highest BCUT2D eigenvalue weighted by Crippen LogP contribution is 2.20. The second-order valence-electron chi connectivity index (χ2n) is 5.60. The standard InChI is InChI=1S/C17H16FN3O3S/c1-12-3-9-15(10-4-12)25(22,23)21(2)11-16-19-17(24-20-16)13-5-7-14(18)8-6-13/h3-10H,11H2,1-2H3. The first-order valence-corrected chi connectivity index (χ1v) is 8.92. The van der Waals surface area contributed by atoms with Crippen LogP contribution in [0.25, 0.3) is 11.5 Å². The van der Waals surface area contributed by atoms with Crippen LogP contribution in [0.5, 0.6) is 0 Å². The minimum Gasteiger partial charge on any atom is -0.334 e. The molecule has 0 spiro atoms. The van der Waals surface area contributed by atoms with Gasteiger partial charge in [0.25, 0.3) is 5.89 Å². The minimum atomic E-state index is -3.65. The quantitative estimate of drug-likeness (QED) is 0.698. The molecule has 130 valence electrons. The summed E-state index contributed by atoms with van der Waals surface area (Å²) in [5.41, 5.74) is 1.54. The predicted octanol–water partition coefficient (Wildman–Crippen LogP) is 3.00. The van der Waals surface area contributed by atoms with Gasteiger partial charge in [-0.25, -0.2) is 12.8 Å². The van der Waals surface area contributed by atoms with Crippen molar-refractivity contribution in [2.75, 3.05) is 7.05 Å². The Morgan fingerprint density at radius 1 is 1.08 bits per heavy atom. The zero-order valence-electron chi connectivity index (χ0n) is 13.7. The first-order chi connectivity index (χ1) is 11.9. The van der Waals surface area contributed by atoms with Crippen LogP contribution in [-0.2, 0) is 16.6 Å². The lowest BCUT2D eigenvalue weighted by molar-refractivity contribution is 0.402. The zero-order chi connectivity index (χ0) is 18.0. The maximum absolute atomic E-state index is 13.0. The lowest BCUT2D eigenvalue weighted by Gasteiger charge is -2.15. The number of sulfonamides is 1. The first-order valence-electron chi connectivity index (χ1n) is 7.48. The largest absolute Gasteiger partial charge is 0.334 e. The number of halogens is 1. The summed E-state index contributed by atoms with van der Waals surface area (Å²) < 4.78 is 44.3. The number of aromatic nitrogens is 2. The van der Waals surface area contributed by atoms with E-state index in [9.17, 15) is 12.8 Å². The number of aryl methyl sites for hydroxylation is 1. The van der Waals surface area contributed by atoms with Gasteiger partial charge in [0.2, 0.25) is 10.0 Å². The molecule has 0 saturated heterocycles. The molecule has 0 bridgehead atoms. The van der Waals surface area contributed by atoms with E-state index < -0.39 is 10.0 Å². The number of benzene rings is 2. The molecule has 6 nitrogen and oxygen atoms in total. The van der Waals surface area contributed by atoms with E-state index in [1.807, 2.05) is 6.92 Å². The third-order valence-electron chi connectivity index (χ3n) is 3.65. The molecule has 0 aliphatic rings. The van der Waals surface area contributed by atoms with Crippen molar-refractivity contribution < 1.29 is 17.3 Å². The van der Waals surface area contributed by atoms with Crippen molar-refractivity contribution in [3.63, 3.8) is 0 Å². The van der Waals surface area contributed by atoms with Gasteiger partial charge in [-0.05, 0) is 43.3 Å². The summed E-state index contributed by atoms with van der Waals surface area (Å²) >= 11 is 0. The Hall–Kier alpha value is -2.58. The topological polar surface area (TPSA) is 76.3 Å². The third-order valence-corrected chi connectivity index (χ3v) is 5.47. The molecule has 0 saturated carbocycles. The Morgan fingerprint density at radius 2 is 1.72 bits per heavy atom. The number of hydrogen-bond donors (Lipinski definition) is 0. The highest BCUT2D eigenvalue weighted by Gasteiger charge is 2.22. The van der Waals surface area contributed by atoms with Crippen LogP contribution in [-0.4, -0.2) is 29.9 Å². The monoisotopic (exact) mass is 361 g/mol. The van der Waals surface area contributed by atoms with Crippen molar-refractivity contribution in [1.82, 2.24) is 14.4 Å². The lowest BCUT2D eigenvalue weighted by atomic mass is 10.2. The van der Waals surface area contributed by atoms with E-state index in [0.29, 0.717) is 5.56 Å². The van der Waals surface area contributed by atoms with Crippen molar-refractivity contribution in [3.05, 3.63) is 65.7 Å². The van der Waals surface area contributed by atoms with Gasteiger partial charge in [-0.2, -0.15) is 9.29 Å². The fourth-order valence-corrected chi connectivity index (χ4v) is 3.33. The van der Waals surface area contributed by atoms with Gasteiger partial charge < -0.3 is 4.52 Å². The minimum absolute atomic E-state index is 0.0408. The molecule has 0 amide bonds. The fourth-order valence-electron chi connectivity index (χ4n) is 2.20. The Balaban J connectivity index is 1.78. The van der Waals surface area contributed by atoms with E-state index in [4.69, 9.17) is 4.52 Å². The highest BCUT2D eigenvalue weighted by molar-refractivity contribution is 7.89. The molecule has 3 aromatic rings. The average molecular weight is 361 g/mol. The van der Waals surface area contributed by atoms with Crippen LogP contribution in [0.1, 0.15) is 11.4 Å². The van der Waals surface area contributed by atoms with Crippen LogP contribution in [0.15, 0.2) is 57.9 Å². The molecule has 8 heteroatoms. The molecule has 0 radical (unpaired) electrons. The van der Waals surface area contributed by atoms with E-state index in [-0.39, 0.29) is 29.0 Å². The first kappa shape index (κ1) is 17.2. The van der Waals surface area contributed by atoms with E-state index in [1.54, 1.807) is 24.3 Å². The fraction of sp³-hybridized carbons (Fsp3) is 0.176. The van der Waals surface area contributed by atoms with Crippen LogP contribution >= 0.6 is 0 Å². The summed E-state index contributed by atoms with van der Waals surface area (Å²) in [5.74, 6) is 0.0565. The van der Waals surface area contributed by atoms with Gasteiger partial charge in [0.1, 0.15) is 5.82 Å². The molecule has 0 aliphatic heterocycles. The summed E-state index contributed by atoms with van der Waals surface area (Å²) in [7, 11) is -2.21. The highest BCUT2D eigenvalue weighted by atomic mass is 32.2. The number of nitrogens with zero attached hydrogens (tertiary/aromatic N) is 3. The average Bonchev–Trinajstić information content (AvgIpc) is 3.04. The molecule has 2 aromatic carbocycles. The van der Waals surface area contributed by atoms with Crippen molar-refractivity contribution in [3.8, 4) is 11.5 Å². The maximum Gasteiger partial charge on any atom is 0.257 e. The summed E-state index contributed by atoms with van der Waals surface area (Å²) in [6.45, 7) is 1.84. The van der Waals surface area contributed by atoms with E-state index in [1.165, 1.54) is 31.3 Å².